The van der Waals surface area contributed by atoms with Crippen molar-refractivity contribution < 1.29 is 18.3 Å². The number of halogens is 3. The number of nitrogens with one attached hydrogen (secondary N) is 1. The summed E-state index contributed by atoms with van der Waals surface area (Å²) in [6, 6.07) is 14.4. The highest BCUT2D eigenvalue weighted by atomic mass is 19.4. The Hall–Kier alpha value is -4.83. The summed E-state index contributed by atoms with van der Waals surface area (Å²) in [5.74, 6) is 1.04. The SMILES string of the molecule is Cc1cc(C#N)nn1-c1nc(-n2cnc3cc(Nc4ccc(C(F)(F)F)nn4)ccc32)ccc1C(C)O. The first-order chi connectivity index (χ1) is 17.6. The number of nitriles is 1. The predicted octanol–water partition coefficient (Wildman–Crippen LogP) is 4.39. The minimum atomic E-state index is -4.56. The molecule has 0 radical (unpaired) electrons. The molecule has 4 heterocycles. The first-order valence-electron chi connectivity index (χ1n) is 11.0. The minimum absolute atomic E-state index is 0.151. The number of anilines is 2. The van der Waals surface area contributed by atoms with Gasteiger partial charge in [0.05, 0.1) is 17.1 Å². The lowest BCUT2D eigenvalue weighted by molar-refractivity contribution is -0.141. The summed E-state index contributed by atoms with van der Waals surface area (Å²) in [4.78, 5) is 9.13. The summed E-state index contributed by atoms with van der Waals surface area (Å²) in [6.45, 7) is 3.41. The van der Waals surface area contributed by atoms with Gasteiger partial charge in [0.2, 0.25) is 0 Å². The molecule has 0 amide bonds. The average Bonchev–Trinajstić information content (AvgIpc) is 3.46. The van der Waals surface area contributed by atoms with Crippen LogP contribution in [0, 0.1) is 18.3 Å². The van der Waals surface area contributed by atoms with Gasteiger partial charge in [-0.2, -0.15) is 23.5 Å². The Bertz CT molecular complexity index is 1650. The summed E-state index contributed by atoms with van der Waals surface area (Å²) < 4.78 is 41.4. The molecule has 2 N–H and O–H groups in total. The van der Waals surface area contributed by atoms with Gasteiger partial charge in [-0.05, 0) is 62.4 Å². The number of aryl methyl sites for hydroxylation is 1. The number of pyridine rings is 1. The molecule has 13 heteroatoms. The Kier molecular flexibility index (Phi) is 5.81. The number of benzene rings is 1. The van der Waals surface area contributed by atoms with Crippen LogP contribution < -0.4 is 5.32 Å². The molecule has 186 valence electrons. The van der Waals surface area contributed by atoms with E-state index in [2.05, 4.69) is 25.6 Å². The fraction of sp³-hybridized carbons (Fsp3) is 0.167. The lowest BCUT2D eigenvalue weighted by Gasteiger charge is -2.14. The van der Waals surface area contributed by atoms with Crippen LogP contribution in [-0.4, -0.2) is 39.6 Å². The number of aliphatic hydroxyl groups is 1. The summed E-state index contributed by atoms with van der Waals surface area (Å²) in [6.07, 6.45) is -3.81. The van der Waals surface area contributed by atoms with Crippen molar-refractivity contribution in [2.24, 2.45) is 0 Å². The molecular formula is C24H18F3N9O. The van der Waals surface area contributed by atoms with Crippen LogP contribution in [0.25, 0.3) is 22.7 Å². The van der Waals surface area contributed by atoms with Crippen molar-refractivity contribution in [3.05, 3.63) is 77.5 Å². The number of rotatable bonds is 5. The fourth-order valence-corrected chi connectivity index (χ4v) is 3.79. The standard InChI is InChI=1S/C24H18F3N9O/c1-13-9-16(11-28)34-36(13)23-17(14(2)37)4-8-22(31-23)35-12-29-18-10-15(3-5-19(18)35)30-21-7-6-20(32-33-21)24(25,26)27/h3-10,12,14,37H,1-2H3,(H,30,33). The highest BCUT2D eigenvalue weighted by Crippen LogP contribution is 2.29. The molecule has 4 aromatic heterocycles. The molecule has 1 unspecified atom stereocenters. The first kappa shape index (κ1) is 23.9. The topological polar surface area (TPSA) is 130 Å². The van der Waals surface area contributed by atoms with Crippen molar-refractivity contribution >= 4 is 22.5 Å². The molecular weight excluding hydrogens is 487 g/mol. The van der Waals surface area contributed by atoms with Gasteiger partial charge in [0, 0.05) is 16.9 Å². The van der Waals surface area contributed by atoms with Crippen molar-refractivity contribution in [2.75, 3.05) is 5.32 Å². The van der Waals surface area contributed by atoms with Crippen LogP contribution in [0.4, 0.5) is 24.7 Å². The number of aliphatic hydroxyl groups excluding tert-OH is 1. The number of hydrogen-bond donors (Lipinski definition) is 2. The number of fused-ring (bicyclic) bond motifs is 1. The summed E-state index contributed by atoms with van der Waals surface area (Å²) in [7, 11) is 0. The zero-order valence-corrected chi connectivity index (χ0v) is 19.4. The molecule has 1 atom stereocenters. The molecule has 0 aliphatic carbocycles. The summed E-state index contributed by atoms with van der Waals surface area (Å²) in [5.41, 5.74) is 2.23. The van der Waals surface area contributed by atoms with E-state index in [9.17, 15) is 23.5 Å². The number of alkyl halides is 3. The Labute approximate surface area is 207 Å². The lowest BCUT2D eigenvalue weighted by Crippen LogP contribution is -2.10. The molecule has 37 heavy (non-hydrogen) atoms. The number of aromatic nitrogens is 7. The molecule has 5 rings (SSSR count). The van der Waals surface area contributed by atoms with E-state index in [4.69, 9.17) is 4.98 Å². The van der Waals surface area contributed by atoms with E-state index < -0.39 is 18.0 Å². The quantitative estimate of drug-likeness (QED) is 0.360. The Balaban J connectivity index is 1.49. The molecule has 0 bridgehead atoms. The molecule has 0 fully saturated rings. The molecule has 1 aromatic carbocycles. The van der Waals surface area contributed by atoms with E-state index in [1.807, 2.05) is 6.07 Å². The van der Waals surface area contributed by atoms with Crippen LogP contribution in [-0.2, 0) is 6.18 Å². The zero-order chi connectivity index (χ0) is 26.3. The van der Waals surface area contributed by atoms with E-state index in [1.54, 1.807) is 61.1 Å². The maximum Gasteiger partial charge on any atom is 0.435 e. The molecule has 0 saturated carbocycles. The molecule has 10 nitrogen and oxygen atoms in total. The van der Waals surface area contributed by atoms with Crippen molar-refractivity contribution in [3.63, 3.8) is 0 Å². The lowest BCUT2D eigenvalue weighted by atomic mass is 10.1. The first-order valence-corrected chi connectivity index (χ1v) is 11.0. The van der Waals surface area contributed by atoms with Gasteiger partial charge in [-0.15, -0.1) is 10.2 Å². The Morgan fingerprint density at radius 3 is 2.54 bits per heavy atom. The van der Waals surface area contributed by atoms with Gasteiger partial charge in [0.25, 0.3) is 0 Å². The van der Waals surface area contributed by atoms with Gasteiger partial charge in [-0.3, -0.25) is 4.57 Å². The van der Waals surface area contributed by atoms with Crippen LogP contribution in [0.2, 0.25) is 0 Å². The van der Waals surface area contributed by atoms with Crippen molar-refractivity contribution in [1.82, 2.24) is 34.5 Å². The second kappa shape index (κ2) is 8.99. The number of imidazole rings is 1. The minimum Gasteiger partial charge on any atom is -0.389 e. The van der Waals surface area contributed by atoms with E-state index in [0.29, 0.717) is 39.6 Å². The van der Waals surface area contributed by atoms with E-state index in [0.717, 1.165) is 6.07 Å². The highest BCUT2D eigenvalue weighted by Gasteiger charge is 2.32. The van der Waals surface area contributed by atoms with Crippen LogP contribution in [0.15, 0.2) is 54.9 Å². The monoisotopic (exact) mass is 505 g/mol. The van der Waals surface area contributed by atoms with Crippen LogP contribution in [0.3, 0.4) is 0 Å². The van der Waals surface area contributed by atoms with Gasteiger partial charge >= 0.3 is 6.18 Å². The second-order valence-corrected chi connectivity index (χ2v) is 8.20. The van der Waals surface area contributed by atoms with E-state index in [1.165, 1.54) is 10.7 Å². The van der Waals surface area contributed by atoms with Crippen LogP contribution >= 0.6 is 0 Å². The average molecular weight is 505 g/mol. The smallest absolute Gasteiger partial charge is 0.389 e. The summed E-state index contributed by atoms with van der Waals surface area (Å²) in [5, 5.41) is 33.5. The third kappa shape index (κ3) is 4.57. The van der Waals surface area contributed by atoms with Crippen LogP contribution in [0.1, 0.15) is 35.7 Å². The highest BCUT2D eigenvalue weighted by molar-refractivity contribution is 5.82. The Morgan fingerprint density at radius 1 is 1.08 bits per heavy atom. The van der Waals surface area contributed by atoms with E-state index >= 15 is 0 Å². The maximum absolute atomic E-state index is 12.7. The van der Waals surface area contributed by atoms with Crippen molar-refractivity contribution in [1.29, 1.82) is 5.26 Å². The van der Waals surface area contributed by atoms with E-state index in [-0.39, 0.29) is 11.5 Å². The largest absolute Gasteiger partial charge is 0.435 e. The van der Waals surface area contributed by atoms with Gasteiger partial charge in [-0.1, -0.05) is 0 Å². The van der Waals surface area contributed by atoms with Gasteiger partial charge in [0.1, 0.15) is 18.2 Å². The number of nitrogens with zero attached hydrogens (tertiary/aromatic N) is 8. The third-order valence-electron chi connectivity index (χ3n) is 5.56. The fourth-order valence-electron chi connectivity index (χ4n) is 3.79. The maximum atomic E-state index is 12.7. The molecule has 0 aliphatic rings. The molecule has 0 saturated heterocycles. The van der Waals surface area contributed by atoms with Crippen molar-refractivity contribution in [2.45, 2.75) is 26.1 Å². The predicted molar refractivity (Wildman–Crippen MR) is 126 cm³/mol. The third-order valence-corrected chi connectivity index (χ3v) is 5.56. The van der Waals surface area contributed by atoms with Gasteiger partial charge < -0.3 is 10.4 Å². The molecule has 0 aliphatic heterocycles. The second-order valence-electron chi connectivity index (χ2n) is 8.20. The van der Waals surface area contributed by atoms with Gasteiger partial charge in [0.15, 0.2) is 23.0 Å². The normalized spacial score (nSPS) is 12.5. The molecule has 0 spiro atoms. The van der Waals surface area contributed by atoms with Crippen molar-refractivity contribution in [3.8, 4) is 17.7 Å². The molecule has 5 aromatic rings. The zero-order valence-electron chi connectivity index (χ0n) is 19.4. The van der Waals surface area contributed by atoms with Gasteiger partial charge in [-0.25, -0.2) is 14.6 Å². The van der Waals surface area contributed by atoms with Crippen LogP contribution in [0.5, 0.6) is 0 Å². The Morgan fingerprint density at radius 2 is 1.89 bits per heavy atom. The number of hydrogen-bond acceptors (Lipinski definition) is 8. The summed E-state index contributed by atoms with van der Waals surface area (Å²) >= 11 is 0.